The second-order valence-corrected chi connectivity index (χ2v) is 17.4. The Balaban J connectivity index is 0.000000161. The van der Waals surface area contributed by atoms with E-state index < -0.39 is 17.0 Å². The molecule has 3 aromatic heterocycles. The average Bonchev–Trinajstić information content (AvgIpc) is 3.91. The van der Waals surface area contributed by atoms with Crippen molar-refractivity contribution in [1.82, 2.24) is 4.57 Å². The van der Waals surface area contributed by atoms with Gasteiger partial charge in [-0.2, -0.15) is 0 Å². The number of fused-ring (bicyclic) bond motifs is 6. The molecular formula is C36H25Br4F2NO3S4. The lowest BCUT2D eigenvalue weighted by molar-refractivity contribution is 0.542. The largest absolute Gasteiger partial charge is 0.302 e. The molecule has 8 rings (SSSR count). The number of hydrogen-bond acceptors (Lipinski definition) is 5. The van der Waals surface area contributed by atoms with Gasteiger partial charge in [-0.15, -0.1) is 22.7 Å². The van der Waals surface area contributed by atoms with Gasteiger partial charge >= 0.3 is 0 Å². The highest BCUT2D eigenvalue weighted by molar-refractivity contribution is 9.11. The number of rotatable bonds is 2. The number of thiophene rings is 2. The molecule has 1 aliphatic carbocycles. The molecule has 0 saturated heterocycles. The number of benzene rings is 4. The molecule has 0 amide bonds. The van der Waals surface area contributed by atoms with E-state index in [0.717, 1.165) is 19.8 Å². The van der Waals surface area contributed by atoms with Crippen LogP contribution in [0.15, 0.2) is 126 Å². The molecule has 0 radical (unpaired) electrons. The summed E-state index contributed by atoms with van der Waals surface area (Å²) in [6.45, 7) is 0. The number of nitrogens with zero attached hydrogens (tertiary/aromatic N) is 1. The molecule has 0 spiro atoms. The SMILES string of the molecule is Brc1ccc(-n2c3ccccc3c3ccsc32)c(Br)c1.Fc1ccc(Br)cc1Br.O=CS(=O)(O)=C=S.[2H]CF.c1ccc2c(c1)Cc1sccc1-2. The highest BCUT2D eigenvalue weighted by atomic mass is 79.9. The molecule has 1 N–H and O–H groups in total. The fourth-order valence-corrected chi connectivity index (χ4v) is 9.19. The van der Waals surface area contributed by atoms with Crippen LogP contribution in [0.1, 0.15) is 11.8 Å². The van der Waals surface area contributed by atoms with Crippen molar-refractivity contribution in [3.05, 3.63) is 142 Å². The van der Waals surface area contributed by atoms with Crippen LogP contribution in [0.25, 0.3) is 37.9 Å². The number of halogens is 6. The Morgan fingerprint density at radius 2 is 1.52 bits per heavy atom. The van der Waals surface area contributed by atoms with E-state index in [1.165, 1.54) is 58.8 Å². The normalized spacial score (nSPS) is 12.1. The Morgan fingerprint density at radius 1 is 0.880 bits per heavy atom. The molecule has 258 valence electrons. The predicted molar refractivity (Wildman–Crippen MR) is 226 cm³/mol. The fraction of sp³-hybridized carbons (Fsp3) is 0.0556. The summed E-state index contributed by atoms with van der Waals surface area (Å²) in [7, 11) is -4.52. The number of carbonyl (C=O) groups is 1. The second kappa shape index (κ2) is 18.9. The van der Waals surface area contributed by atoms with Crippen LogP contribution < -0.4 is 0 Å². The van der Waals surface area contributed by atoms with Crippen LogP contribution in [0, 0.1) is 5.82 Å². The topological polar surface area (TPSA) is 59.3 Å². The van der Waals surface area contributed by atoms with Gasteiger partial charge in [0, 0.05) is 39.8 Å². The van der Waals surface area contributed by atoms with E-state index in [0.29, 0.717) is 4.47 Å². The lowest BCUT2D eigenvalue weighted by atomic mass is 10.1. The molecule has 7 aromatic rings. The lowest BCUT2D eigenvalue weighted by Crippen LogP contribution is -1.96. The first-order chi connectivity index (χ1) is 24.4. The molecule has 4 aromatic carbocycles. The Labute approximate surface area is 336 Å². The first-order valence-electron chi connectivity index (χ1n) is 14.8. The van der Waals surface area contributed by atoms with Crippen LogP contribution >= 0.6 is 98.6 Å². The molecule has 0 fully saturated rings. The summed E-state index contributed by atoms with van der Waals surface area (Å²) in [4.78, 5) is 12.2. The van der Waals surface area contributed by atoms with E-state index >= 15 is 0 Å². The Kier molecular flexibility index (Phi) is 14.7. The molecule has 0 bridgehead atoms. The number of carbonyl (C=O) groups excluding carboxylic acids is 1. The van der Waals surface area contributed by atoms with Crippen molar-refractivity contribution >= 4 is 139 Å². The summed E-state index contributed by atoms with van der Waals surface area (Å²) >= 11 is 21.0. The zero-order valence-electron chi connectivity index (χ0n) is 26.5. The monoisotopic (exact) mass is 1000 g/mol. The van der Waals surface area contributed by atoms with Gasteiger partial charge in [-0.25, -0.2) is 8.60 Å². The number of para-hydroxylation sites is 1. The maximum absolute atomic E-state index is 12.4. The van der Waals surface area contributed by atoms with Crippen molar-refractivity contribution in [2.75, 3.05) is 7.15 Å². The summed E-state index contributed by atoms with van der Waals surface area (Å²) in [5.41, 5.74) is 6.66. The molecule has 4 nitrogen and oxygen atoms in total. The van der Waals surface area contributed by atoms with Crippen molar-refractivity contribution in [2.45, 2.75) is 6.42 Å². The highest BCUT2D eigenvalue weighted by Gasteiger charge is 2.18. The molecular weight excluding hydrogens is 980 g/mol. The number of aromatic nitrogens is 1. The predicted octanol–water partition coefficient (Wildman–Crippen LogP) is 13.4. The third-order valence-corrected chi connectivity index (χ3v) is 12.2. The van der Waals surface area contributed by atoms with E-state index in [1.54, 1.807) is 23.5 Å². The van der Waals surface area contributed by atoms with E-state index in [-0.39, 0.29) is 11.4 Å². The van der Waals surface area contributed by atoms with Crippen molar-refractivity contribution in [3.8, 4) is 16.8 Å². The van der Waals surface area contributed by atoms with E-state index in [9.17, 15) is 17.8 Å². The second-order valence-electron chi connectivity index (χ2n) is 9.99. The van der Waals surface area contributed by atoms with Gasteiger partial charge in [-0.05, 0) is 126 Å². The van der Waals surface area contributed by atoms with E-state index in [4.69, 9.17) is 5.92 Å². The van der Waals surface area contributed by atoms with Gasteiger partial charge < -0.3 is 4.55 Å². The van der Waals surface area contributed by atoms with Crippen LogP contribution in [-0.4, -0.2) is 30.4 Å². The van der Waals surface area contributed by atoms with Crippen LogP contribution in [-0.2, 0) is 21.0 Å². The van der Waals surface area contributed by atoms with Gasteiger partial charge in [0.05, 0.1) is 24.2 Å². The van der Waals surface area contributed by atoms with Gasteiger partial charge in [-0.3, -0.25) is 13.8 Å². The van der Waals surface area contributed by atoms with E-state index in [1.807, 2.05) is 11.3 Å². The number of alkyl halides is 1. The molecule has 0 aliphatic heterocycles. The van der Waals surface area contributed by atoms with Crippen molar-refractivity contribution in [2.24, 2.45) is 0 Å². The zero-order chi connectivity index (χ0) is 37.1. The minimum atomic E-state index is -3.52. The maximum Gasteiger partial charge on any atom is 0.231 e. The third kappa shape index (κ3) is 9.94. The van der Waals surface area contributed by atoms with Crippen molar-refractivity contribution in [1.29, 1.82) is 0 Å². The zero-order valence-corrected chi connectivity index (χ0v) is 35.1. The third-order valence-electron chi connectivity index (χ3n) is 6.97. The highest BCUT2D eigenvalue weighted by Crippen LogP contribution is 2.39. The first kappa shape index (κ1) is 38.9. The lowest BCUT2D eigenvalue weighted by Gasteiger charge is -2.09. The van der Waals surface area contributed by atoms with Gasteiger partial charge in [0.2, 0.25) is 5.62 Å². The minimum Gasteiger partial charge on any atom is -0.302 e. The van der Waals surface area contributed by atoms with Crippen molar-refractivity contribution in [3.63, 3.8) is 0 Å². The number of thiocarbonyl (C=S) groups is 1. The van der Waals surface area contributed by atoms with Crippen LogP contribution in [0.2, 0.25) is 0 Å². The summed E-state index contributed by atoms with van der Waals surface area (Å²) in [6, 6.07) is 32.7. The maximum atomic E-state index is 12.4. The summed E-state index contributed by atoms with van der Waals surface area (Å²) < 4.78 is 53.2. The fourth-order valence-electron chi connectivity index (χ4n) is 4.90. The summed E-state index contributed by atoms with van der Waals surface area (Å²) in [6.07, 6.45) is 1.14. The molecule has 50 heavy (non-hydrogen) atoms. The molecule has 0 saturated carbocycles. The minimum absolute atomic E-state index is 0.139. The van der Waals surface area contributed by atoms with Gasteiger partial charge in [-0.1, -0.05) is 74.3 Å². The smallest absolute Gasteiger partial charge is 0.231 e. The molecule has 1 unspecified atom stereocenters. The standard InChI is InChI=1S/C16H9Br2NS.C11H8S.C6H3Br2F.C2H2O3S2.CH3F/c17-10-5-6-15(13(18)9-10)19-14-4-2-1-3-11(14)12-7-8-20-16(12)19;1-2-4-9-8(3-1)7-11-10(9)5-6-12-11;7-4-1-2-6(9)5(8)3-4;3-1-7(4,5)2-6;1-2/h1-9H;1-6H,7H2;1-3H;1H,(H,4,5);1H3/i;;;;1D. The summed E-state index contributed by atoms with van der Waals surface area (Å²) in [5.74, 6) is -0.238. The van der Waals surface area contributed by atoms with Gasteiger partial charge in [0.25, 0.3) is 0 Å². The quantitative estimate of drug-likeness (QED) is 0.106. The van der Waals surface area contributed by atoms with Crippen LogP contribution in [0.4, 0.5) is 8.78 Å². The Bertz CT molecular complexity index is 2440. The Hall–Kier alpha value is -2.36. The molecule has 1 aliphatic rings. The van der Waals surface area contributed by atoms with Crippen LogP contribution in [0.3, 0.4) is 0 Å². The van der Waals surface area contributed by atoms with Gasteiger partial charge in [0.15, 0.2) is 9.80 Å². The molecule has 1 atom stereocenters. The van der Waals surface area contributed by atoms with Crippen LogP contribution in [0.5, 0.6) is 0 Å². The summed E-state index contributed by atoms with van der Waals surface area (Å²) in [5, 5.41) is 6.96. The average molecular weight is 1010 g/mol. The molecule has 14 heteroatoms. The van der Waals surface area contributed by atoms with Gasteiger partial charge in [0.1, 0.15) is 10.6 Å². The van der Waals surface area contributed by atoms with E-state index in [2.05, 4.69) is 170 Å². The number of hydrogen-bond donors (Lipinski definition) is 1. The Morgan fingerprint density at radius 3 is 2.16 bits per heavy atom. The first-order valence-corrected chi connectivity index (χ1v) is 21.0. The van der Waals surface area contributed by atoms with Crippen molar-refractivity contribution < 1.29 is 23.7 Å². The molecule has 3 heterocycles.